The first kappa shape index (κ1) is 17.7. The van der Waals surface area contributed by atoms with Crippen LogP contribution in [0.1, 0.15) is 41.3 Å². The molecule has 0 bridgehead atoms. The van der Waals surface area contributed by atoms with Crippen LogP contribution in [0.5, 0.6) is 0 Å². The number of aryl methyl sites for hydroxylation is 1. The Kier molecular flexibility index (Phi) is 4.27. The summed E-state index contributed by atoms with van der Waals surface area (Å²) < 4.78 is 0. The van der Waals surface area contributed by atoms with E-state index in [2.05, 4.69) is 5.32 Å². The van der Waals surface area contributed by atoms with E-state index < -0.39 is 17.6 Å². The van der Waals surface area contributed by atoms with Crippen LogP contribution in [-0.4, -0.2) is 28.7 Å². The van der Waals surface area contributed by atoms with Crippen LogP contribution < -0.4 is 5.32 Å². The highest BCUT2D eigenvalue weighted by atomic mass is 35.5. The average molecular weight is 383 g/mol. The van der Waals surface area contributed by atoms with Gasteiger partial charge in [-0.2, -0.15) is 0 Å². The molecule has 0 aromatic heterocycles. The molecule has 1 spiro atoms. The average Bonchev–Trinajstić information content (AvgIpc) is 2.91. The summed E-state index contributed by atoms with van der Waals surface area (Å²) in [6, 6.07) is 12.8. The van der Waals surface area contributed by atoms with Crippen molar-refractivity contribution >= 4 is 29.3 Å². The SMILES string of the molecule is C[C@H](C(=O)c1cccc(Cl)c1)N1C(=O)N[C@]2(CCCc3ccccc32)C1=O. The molecule has 1 N–H and O–H groups in total. The third-order valence-electron chi connectivity index (χ3n) is 5.47. The summed E-state index contributed by atoms with van der Waals surface area (Å²) >= 11 is 5.97. The fourth-order valence-electron chi connectivity index (χ4n) is 4.13. The first-order valence-electron chi connectivity index (χ1n) is 8.98. The number of imide groups is 1. The van der Waals surface area contributed by atoms with Crippen LogP contribution in [0.4, 0.5) is 4.79 Å². The number of hydrogen-bond acceptors (Lipinski definition) is 3. The van der Waals surface area contributed by atoms with Crippen LogP contribution in [0.3, 0.4) is 0 Å². The molecule has 1 saturated heterocycles. The molecule has 1 aliphatic carbocycles. The number of rotatable bonds is 3. The molecule has 2 aromatic carbocycles. The molecule has 1 heterocycles. The van der Waals surface area contributed by atoms with Crippen molar-refractivity contribution in [1.82, 2.24) is 10.2 Å². The monoisotopic (exact) mass is 382 g/mol. The van der Waals surface area contributed by atoms with E-state index in [4.69, 9.17) is 11.6 Å². The predicted molar refractivity (Wildman–Crippen MR) is 102 cm³/mol. The number of urea groups is 1. The van der Waals surface area contributed by atoms with Crippen LogP contribution in [0, 0.1) is 0 Å². The van der Waals surface area contributed by atoms with E-state index in [-0.39, 0.29) is 11.7 Å². The molecule has 0 radical (unpaired) electrons. The zero-order chi connectivity index (χ0) is 19.2. The molecule has 3 amide bonds. The molecule has 4 rings (SSSR count). The highest BCUT2D eigenvalue weighted by Gasteiger charge is 2.55. The summed E-state index contributed by atoms with van der Waals surface area (Å²) in [7, 11) is 0. The van der Waals surface area contributed by atoms with Crippen molar-refractivity contribution in [3.05, 3.63) is 70.2 Å². The molecule has 1 fully saturated rings. The number of nitrogens with zero attached hydrogens (tertiary/aromatic N) is 1. The highest BCUT2D eigenvalue weighted by molar-refractivity contribution is 6.31. The van der Waals surface area contributed by atoms with Crippen LogP contribution in [0.25, 0.3) is 0 Å². The Labute approximate surface area is 162 Å². The minimum Gasteiger partial charge on any atom is -0.319 e. The number of carbonyl (C=O) groups is 3. The smallest absolute Gasteiger partial charge is 0.319 e. The Morgan fingerprint density at radius 1 is 1.19 bits per heavy atom. The Morgan fingerprint density at radius 3 is 2.74 bits per heavy atom. The lowest BCUT2D eigenvalue weighted by atomic mass is 9.76. The van der Waals surface area contributed by atoms with Gasteiger partial charge in [0.2, 0.25) is 0 Å². The van der Waals surface area contributed by atoms with E-state index in [0.29, 0.717) is 17.0 Å². The van der Waals surface area contributed by atoms with Gasteiger partial charge in [0.25, 0.3) is 5.91 Å². The summed E-state index contributed by atoms with van der Waals surface area (Å²) in [6.07, 6.45) is 2.20. The van der Waals surface area contributed by atoms with E-state index in [9.17, 15) is 14.4 Å². The van der Waals surface area contributed by atoms with Gasteiger partial charge in [-0.1, -0.05) is 48.0 Å². The lowest BCUT2D eigenvalue weighted by molar-refractivity contribution is -0.133. The van der Waals surface area contributed by atoms with Crippen molar-refractivity contribution < 1.29 is 14.4 Å². The van der Waals surface area contributed by atoms with E-state index in [1.165, 1.54) is 0 Å². The van der Waals surface area contributed by atoms with Crippen molar-refractivity contribution in [3.8, 4) is 0 Å². The zero-order valence-electron chi connectivity index (χ0n) is 14.9. The largest absolute Gasteiger partial charge is 0.325 e. The third-order valence-corrected chi connectivity index (χ3v) is 5.71. The number of Topliss-reactive ketones (excluding diaryl/α,β-unsaturated/α-hetero) is 1. The summed E-state index contributed by atoms with van der Waals surface area (Å²) in [5, 5.41) is 3.32. The highest BCUT2D eigenvalue weighted by Crippen LogP contribution is 2.40. The second-order valence-corrected chi connectivity index (χ2v) is 7.51. The molecule has 2 aliphatic rings. The number of hydrogen-bond donors (Lipinski definition) is 1. The summed E-state index contributed by atoms with van der Waals surface area (Å²) in [6.45, 7) is 1.58. The van der Waals surface area contributed by atoms with E-state index in [1.54, 1.807) is 31.2 Å². The third kappa shape index (κ3) is 2.73. The molecule has 0 unspecified atom stereocenters. The molecule has 0 saturated carbocycles. The normalized spacial score (nSPS) is 22.5. The predicted octanol–water partition coefficient (Wildman–Crippen LogP) is 3.69. The summed E-state index contributed by atoms with van der Waals surface area (Å²) in [5.41, 5.74) is 1.20. The Morgan fingerprint density at radius 2 is 1.96 bits per heavy atom. The summed E-state index contributed by atoms with van der Waals surface area (Å²) in [4.78, 5) is 40.0. The van der Waals surface area contributed by atoms with Crippen molar-refractivity contribution in [3.63, 3.8) is 0 Å². The first-order valence-corrected chi connectivity index (χ1v) is 9.36. The van der Waals surface area contributed by atoms with Crippen LogP contribution in [0.2, 0.25) is 5.02 Å². The number of benzene rings is 2. The standard InChI is InChI=1S/C21H19ClN2O3/c1-13(18(25)15-7-4-9-16(22)12-15)24-19(26)21(23-20(24)27)11-5-8-14-6-2-3-10-17(14)21/h2-4,6-7,9-10,12-13H,5,8,11H2,1H3,(H,23,27)/t13-,21+/m1/s1. The molecule has 1 aliphatic heterocycles. The van der Waals surface area contributed by atoms with Gasteiger partial charge in [-0.3, -0.25) is 14.5 Å². The lowest BCUT2D eigenvalue weighted by Crippen LogP contribution is -2.48. The van der Waals surface area contributed by atoms with Crippen molar-refractivity contribution in [1.29, 1.82) is 0 Å². The van der Waals surface area contributed by atoms with Gasteiger partial charge in [-0.15, -0.1) is 0 Å². The fourth-order valence-corrected chi connectivity index (χ4v) is 4.32. The van der Waals surface area contributed by atoms with Crippen molar-refractivity contribution in [2.45, 2.75) is 37.8 Å². The Balaban J connectivity index is 1.69. The molecular weight excluding hydrogens is 364 g/mol. The number of halogens is 1. The second-order valence-electron chi connectivity index (χ2n) is 7.07. The topological polar surface area (TPSA) is 66.5 Å². The zero-order valence-corrected chi connectivity index (χ0v) is 15.6. The second kappa shape index (κ2) is 6.50. The first-order chi connectivity index (χ1) is 12.9. The molecule has 5 nitrogen and oxygen atoms in total. The molecule has 2 aromatic rings. The molecule has 27 heavy (non-hydrogen) atoms. The maximum Gasteiger partial charge on any atom is 0.325 e. The van der Waals surface area contributed by atoms with E-state index >= 15 is 0 Å². The van der Waals surface area contributed by atoms with Crippen LogP contribution >= 0.6 is 11.6 Å². The van der Waals surface area contributed by atoms with E-state index in [1.807, 2.05) is 24.3 Å². The molecule has 6 heteroatoms. The maximum absolute atomic E-state index is 13.4. The molecular formula is C21H19ClN2O3. The van der Waals surface area contributed by atoms with Crippen LogP contribution in [0.15, 0.2) is 48.5 Å². The summed E-state index contributed by atoms with van der Waals surface area (Å²) in [5.74, 6) is -0.676. The Bertz CT molecular complexity index is 958. The number of amides is 3. The van der Waals surface area contributed by atoms with Crippen molar-refractivity contribution in [2.24, 2.45) is 0 Å². The Hall–Kier alpha value is -2.66. The van der Waals surface area contributed by atoms with Crippen LogP contribution in [-0.2, 0) is 16.8 Å². The van der Waals surface area contributed by atoms with Crippen molar-refractivity contribution in [2.75, 3.05) is 0 Å². The quantitative estimate of drug-likeness (QED) is 0.650. The lowest BCUT2D eigenvalue weighted by Gasteiger charge is -2.33. The maximum atomic E-state index is 13.4. The number of ketones is 1. The van der Waals surface area contributed by atoms with Gasteiger partial charge in [-0.25, -0.2) is 4.79 Å². The van der Waals surface area contributed by atoms with Gasteiger partial charge in [-0.05, 0) is 49.4 Å². The van der Waals surface area contributed by atoms with Gasteiger partial charge < -0.3 is 5.32 Å². The van der Waals surface area contributed by atoms with Gasteiger partial charge in [0.05, 0.1) is 0 Å². The minimum atomic E-state index is -1.07. The van der Waals surface area contributed by atoms with Gasteiger partial charge in [0.1, 0.15) is 11.6 Å². The van der Waals surface area contributed by atoms with Gasteiger partial charge in [0, 0.05) is 10.6 Å². The number of carbonyl (C=O) groups excluding carboxylic acids is 3. The number of fused-ring (bicyclic) bond motifs is 2. The number of nitrogens with one attached hydrogen (secondary N) is 1. The minimum absolute atomic E-state index is 0.317. The van der Waals surface area contributed by atoms with Gasteiger partial charge in [0.15, 0.2) is 5.78 Å². The molecule has 2 atom stereocenters. The molecule has 138 valence electrons. The van der Waals surface area contributed by atoms with E-state index in [0.717, 1.165) is 28.9 Å². The fraction of sp³-hybridized carbons (Fsp3) is 0.286. The van der Waals surface area contributed by atoms with Gasteiger partial charge >= 0.3 is 6.03 Å².